The summed E-state index contributed by atoms with van der Waals surface area (Å²) in [4.78, 5) is 7.56. The van der Waals surface area contributed by atoms with Crippen molar-refractivity contribution in [1.82, 2.24) is 9.97 Å². The van der Waals surface area contributed by atoms with Crippen molar-refractivity contribution in [2.24, 2.45) is 0 Å². The van der Waals surface area contributed by atoms with Crippen molar-refractivity contribution in [3.05, 3.63) is 41.2 Å². The second-order valence-electron chi connectivity index (χ2n) is 3.65. The second kappa shape index (κ2) is 4.93. The van der Waals surface area contributed by atoms with Crippen molar-refractivity contribution in [1.29, 1.82) is 0 Å². The zero-order valence-corrected chi connectivity index (χ0v) is 10.1. The van der Waals surface area contributed by atoms with Crippen LogP contribution in [-0.2, 0) is 6.18 Å². The van der Waals surface area contributed by atoms with E-state index in [1.807, 2.05) is 0 Å². The maximum Gasteiger partial charge on any atom is 0.416 e. The molecule has 1 aromatic carbocycles. The molecule has 0 fully saturated rings. The Morgan fingerprint density at radius 2 is 1.89 bits per heavy atom. The van der Waals surface area contributed by atoms with Crippen LogP contribution >= 0.6 is 11.6 Å². The molecule has 0 aliphatic carbocycles. The maximum absolute atomic E-state index is 12.5. The predicted octanol–water partition coefficient (Wildman–Crippen LogP) is 3.47. The Labute approximate surface area is 111 Å². The molecule has 100 valence electrons. The van der Waals surface area contributed by atoms with E-state index in [9.17, 15) is 13.2 Å². The predicted molar refractivity (Wildman–Crippen MR) is 66.2 cm³/mol. The third-order valence-corrected chi connectivity index (χ3v) is 2.56. The summed E-state index contributed by atoms with van der Waals surface area (Å²) in [6.45, 7) is 0. The first-order valence-corrected chi connectivity index (χ1v) is 5.45. The van der Waals surface area contributed by atoms with Gasteiger partial charge in [0, 0.05) is 6.07 Å². The molecule has 0 saturated carbocycles. The number of alkyl halides is 3. The van der Waals surface area contributed by atoms with Gasteiger partial charge in [-0.05, 0) is 18.2 Å². The third-order valence-electron chi connectivity index (χ3n) is 2.25. The molecule has 0 spiro atoms. The van der Waals surface area contributed by atoms with Gasteiger partial charge in [0.1, 0.15) is 18.0 Å². The first-order valence-electron chi connectivity index (χ1n) is 5.07. The minimum absolute atomic E-state index is 0.0630. The maximum atomic E-state index is 12.5. The van der Waals surface area contributed by atoms with E-state index in [-0.39, 0.29) is 10.8 Å². The molecular formula is C11H8ClF3N4. The smallest absolute Gasteiger partial charge is 0.384 e. The topological polar surface area (TPSA) is 63.8 Å². The van der Waals surface area contributed by atoms with E-state index in [1.54, 1.807) is 0 Å². The summed E-state index contributed by atoms with van der Waals surface area (Å²) in [5, 5.41) is 2.70. The molecule has 1 aromatic heterocycles. The molecular weight excluding hydrogens is 281 g/mol. The Balaban J connectivity index is 2.27. The van der Waals surface area contributed by atoms with Gasteiger partial charge in [0.2, 0.25) is 0 Å². The number of aromatic nitrogens is 2. The summed E-state index contributed by atoms with van der Waals surface area (Å²) < 4.78 is 37.4. The molecule has 0 saturated heterocycles. The lowest BCUT2D eigenvalue weighted by Crippen LogP contribution is -2.05. The van der Waals surface area contributed by atoms with Gasteiger partial charge in [-0.1, -0.05) is 11.6 Å². The van der Waals surface area contributed by atoms with Crippen LogP contribution in [0.15, 0.2) is 30.6 Å². The van der Waals surface area contributed by atoms with Gasteiger partial charge in [0.25, 0.3) is 0 Å². The second-order valence-corrected chi connectivity index (χ2v) is 4.05. The number of nitrogens with two attached hydrogens (primary N) is 1. The molecule has 4 nitrogen and oxygen atoms in total. The quantitative estimate of drug-likeness (QED) is 0.888. The van der Waals surface area contributed by atoms with Gasteiger partial charge in [0.15, 0.2) is 0 Å². The summed E-state index contributed by atoms with van der Waals surface area (Å²) in [5.41, 5.74) is 4.94. The van der Waals surface area contributed by atoms with Gasteiger partial charge in [0.05, 0.1) is 16.3 Å². The number of anilines is 3. The Morgan fingerprint density at radius 1 is 1.16 bits per heavy atom. The highest BCUT2D eigenvalue weighted by molar-refractivity contribution is 6.33. The van der Waals surface area contributed by atoms with Gasteiger partial charge in [-0.2, -0.15) is 13.2 Å². The van der Waals surface area contributed by atoms with Crippen LogP contribution in [0.5, 0.6) is 0 Å². The number of halogens is 4. The summed E-state index contributed by atoms with van der Waals surface area (Å²) >= 11 is 5.79. The average Bonchev–Trinajstić information content (AvgIpc) is 2.30. The summed E-state index contributed by atoms with van der Waals surface area (Å²) in [6, 6.07) is 4.44. The summed E-state index contributed by atoms with van der Waals surface area (Å²) in [6.07, 6.45) is -3.20. The number of hydrogen-bond acceptors (Lipinski definition) is 4. The van der Waals surface area contributed by atoms with E-state index >= 15 is 0 Å². The lowest BCUT2D eigenvalue weighted by atomic mass is 10.2. The molecule has 0 atom stereocenters. The standard InChI is InChI=1S/C11H8ClF3N4/c12-7-3-6(11(13,14)15)1-2-8(7)19-10-4-9(16)17-5-18-10/h1-5H,(H3,16,17,18,19). The van der Waals surface area contributed by atoms with E-state index in [0.29, 0.717) is 11.5 Å². The molecule has 0 aliphatic heterocycles. The van der Waals surface area contributed by atoms with Gasteiger partial charge >= 0.3 is 6.18 Å². The van der Waals surface area contributed by atoms with Gasteiger partial charge in [-0.3, -0.25) is 0 Å². The Bertz CT molecular complexity index is 601. The highest BCUT2D eigenvalue weighted by atomic mass is 35.5. The van der Waals surface area contributed by atoms with Crippen molar-refractivity contribution in [3.63, 3.8) is 0 Å². The SMILES string of the molecule is Nc1cc(Nc2ccc(C(F)(F)F)cc2Cl)ncn1. The van der Waals surface area contributed by atoms with Crippen LogP contribution in [0.1, 0.15) is 5.56 Å². The molecule has 2 rings (SSSR count). The Hall–Kier alpha value is -2.02. The molecule has 19 heavy (non-hydrogen) atoms. The van der Waals surface area contributed by atoms with Crippen LogP contribution in [-0.4, -0.2) is 9.97 Å². The minimum atomic E-state index is -4.43. The molecule has 8 heteroatoms. The zero-order chi connectivity index (χ0) is 14.0. The molecule has 1 heterocycles. The number of rotatable bonds is 2. The van der Waals surface area contributed by atoms with Crippen molar-refractivity contribution in [2.45, 2.75) is 6.18 Å². The van der Waals surface area contributed by atoms with Crippen molar-refractivity contribution in [2.75, 3.05) is 11.1 Å². The number of benzene rings is 1. The molecule has 0 radical (unpaired) electrons. The highest BCUT2D eigenvalue weighted by Crippen LogP contribution is 2.34. The molecule has 0 bridgehead atoms. The Kier molecular flexibility index (Phi) is 3.48. The van der Waals surface area contributed by atoms with E-state index < -0.39 is 11.7 Å². The van der Waals surface area contributed by atoms with Crippen LogP contribution in [0.25, 0.3) is 0 Å². The minimum Gasteiger partial charge on any atom is -0.384 e. The van der Waals surface area contributed by atoms with Crippen molar-refractivity contribution in [3.8, 4) is 0 Å². The van der Waals surface area contributed by atoms with E-state index in [0.717, 1.165) is 12.1 Å². The number of hydrogen-bond donors (Lipinski definition) is 2. The normalized spacial score (nSPS) is 11.4. The lowest BCUT2D eigenvalue weighted by Gasteiger charge is -2.11. The summed E-state index contributed by atoms with van der Waals surface area (Å²) in [5.74, 6) is 0.578. The van der Waals surface area contributed by atoms with Crippen LogP contribution in [0.3, 0.4) is 0 Å². The molecule has 0 unspecified atom stereocenters. The van der Waals surface area contributed by atoms with Crippen molar-refractivity contribution >= 4 is 28.9 Å². The fourth-order valence-corrected chi connectivity index (χ4v) is 1.60. The highest BCUT2D eigenvalue weighted by Gasteiger charge is 2.30. The van der Waals surface area contributed by atoms with Crippen LogP contribution in [0.2, 0.25) is 5.02 Å². The first-order chi connectivity index (χ1) is 8.86. The average molecular weight is 289 g/mol. The van der Waals surface area contributed by atoms with E-state index in [4.69, 9.17) is 17.3 Å². The van der Waals surface area contributed by atoms with Crippen LogP contribution < -0.4 is 11.1 Å². The fraction of sp³-hybridized carbons (Fsp3) is 0.0909. The molecule has 0 amide bonds. The molecule has 0 aliphatic rings. The Morgan fingerprint density at radius 3 is 2.47 bits per heavy atom. The van der Waals surface area contributed by atoms with Gasteiger partial charge in [-0.15, -0.1) is 0 Å². The number of nitrogen functional groups attached to an aromatic ring is 1. The molecule has 3 N–H and O–H groups in total. The van der Waals surface area contributed by atoms with Gasteiger partial charge < -0.3 is 11.1 Å². The van der Waals surface area contributed by atoms with Crippen LogP contribution in [0.4, 0.5) is 30.5 Å². The summed E-state index contributed by atoms with van der Waals surface area (Å²) in [7, 11) is 0. The largest absolute Gasteiger partial charge is 0.416 e. The van der Waals surface area contributed by atoms with E-state index in [1.165, 1.54) is 18.5 Å². The monoisotopic (exact) mass is 288 g/mol. The first kappa shape index (κ1) is 13.4. The number of nitrogens with one attached hydrogen (secondary N) is 1. The van der Waals surface area contributed by atoms with Gasteiger partial charge in [-0.25, -0.2) is 9.97 Å². The number of nitrogens with zero attached hydrogens (tertiary/aromatic N) is 2. The fourth-order valence-electron chi connectivity index (χ4n) is 1.37. The third kappa shape index (κ3) is 3.25. The lowest BCUT2D eigenvalue weighted by molar-refractivity contribution is -0.137. The zero-order valence-electron chi connectivity index (χ0n) is 9.37. The molecule has 2 aromatic rings. The van der Waals surface area contributed by atoms with Crippen molar-refractivity contribution < 1.29 is 13.2 Å². The van der Waals surface area contributed by atoms with E-state index in [2.05, 4.69) is 15.3 Å². The van der Waals surface area contributed by atoms with Crippen LogP contribution in [0, 0.1) is 0 Å².